The second kappa shape index (κ2) is 19.1. The lowest BCUT2D eigenvalue weighted by atomic mass is 9.98. The Morgan fingerprint density at radius 2 is 1.56 bits per heavy atom. The molecule has 0 bridgehead atoms. The lowest BCUT2D eigenvalue weighted by Gasteiger charge is -2.28. The van der Waals surface area contributed by atoms with E-state index in [2.05, 4.69) is 31.6 Å². The molecule has 10 N–H and O–H groups in total. The summed E-state index contributed by atoms with van der Waals surface area (Å²) in [6.07, 6.45) is 1.98. The van der Waals surface area contributed by atoms with Crippen LogP contribution in [0.2, 0.25) is 0 Å². The summed E-state index contributed by atoms with van der Waals surface area (Å²) >= 11 is 0. The zero-order chi connectivity index (χ0) is 32.5. The number of phenolic OH excluding ortho intramolecular Hbond substituents is 1. The van der Waals surface area contributed by atoms with Crippen molar-refractivity contribution in [2.75, 3.05) is 20.1 Å². The average molecular weight is 605 g/mol. The van der Waals surface area contributed by atoms with Crippen LogP contribution in [0.25, 0.3) is 0 Å². The summed E-state index contributed by atoms with van der Waals surface area (Å²) in [5.74, 6) is -2.74. The van der Waals surface area contributed by atoms with Crippen LogP contribution in [0.5, 0.6) is 5.75 Å². The molecule has 0 saturated heterocycles. The van der Waals surface area contributed by atoms with Gasteiger partial charge in [-0.3, -0.25) is 24.2 Å². The predicted octanol–water partition coefficient (Wildman–Crippen LogP) is -0.952. The van der Waals surface area contributed by atoms with Crippen molar-refractivity contribution in [3.8, 4) is 5.75 Å². The molecule has 0 unspecified atom stereocenters. The molecule has 1 aromatic rings. The zero-order valence-electron chi connectivity index (χ0n) is 25.7. The SMILES string of the molecule is CC[C@H](C)[C@@H](C=O)NC(=O)[C@H](Cc1ccc(O)cc1)NC(=O)[C@@H](NC(=O)[C@H](CCCN=C(N)N)NC(=O)CNC)C(C)C. The van der Waals surface area contributed by atoms with E-state index in [0.717, 1.165) is 0 Å². The number of aldehydes is 1. The molecule has 4 amide bonds. The molecule has 0 aliphatic rings. The Hall–Kier alpha value is -4.20. The first-order valence-electron chi connectivity index (χ1n) is 14.5. The van der Waals surface area contributed by atoms with Gasteiger partial charge in [0.15, 0.2) is 5.96 Å². The molecule has 0 aliphatic carbocycles. The predicted molar refractivity (Wildman–Crippen MR) is 164 cm³/mol. The van der Waals surface area contributed by atoms with Crippen molar-refractivity contribution in [2.24, 2.45) is 28.3 Å². The average Bonchev–Trinajstić information content (AvgIpc) is 2.95. The van der Waals surface area contributed by atoms with Crippen LogP contribution >= 0.6 is 0 Å². The fraction of sp³-hybridized carbons (Fsp3) is 0.586. The minimum absolute atomic E-state index is 0.0156. The van der Waals surface area contributed by atoms with Gasteiger partial charge in [0.1, 0.15) is 30.2 Å². The number of nitrogens with one attached hydrogen (secondary N) is 5. The van der Waals surface area contributed by atoms with E-state index in [1.807, 2.05) is 13.8 Å². The first kappa shape index (κ1) is 36.8. The molecule has 0 radical (unpaired) electrons. The molecule has 0 spiro atoms. The summed E-state index contributed by atoms with van der Waals surface area (Å²) in [6.45, 7) is 7.43. The number of rotatable bonds is 19. The summed E-state index contributed by atoms with van der Waals surface area (Å²) in [4.78, 5) is 68.0. The third-order valence-electron chi connectivity index (χ3n) is 6.90. The van der Waals surface area contributed by atoms with Gasteiger partial charge in [-0.2, -0.15) is 0 Å². The maximum Gasteiger partial charge on any atom is 0.243 e. The number of phenols is 1. The molecule has 43 heavy (non-hydrogen) atoms. The van der Waals surface area contributed by atoms with E-state index in [0.29, 0.717) is 24.7 Å². The second-order valence-corrected chi connectivity index (χ2v) is 10.8. The minimum Gasteiger partial charge on any atom is -0.508 e. The Bertz CT molecular complexity index is 1090. The van der Waals surface area contributed by atoms with Crippen LogP contribution in [0.1, 0.15) is 52.5 Å². The summed E-state index contributed by atoms with van der Waals surface area (Å²) in [5.41, 5.74) is 11.4. The third kappa shape index (κ3) is 13.5. The van der Waals surface area contributed by atoms with Gasteiger partial charge in [-0.15, -0.1) is 0 Å². The number of aliphatic imine (C=N–C) groups is 1. The summed E-state index contributed by atoms with van der Waals surface area (Å²) in [5, 5.41) is 23.2. The number of benzene rings is 1. The monoisotopic (exact) mass is 604 g/mol. The van der Waals surface area contributed by atoms with E-state index in [9.17, 15) is 29.1 Å². The zero-order valence-corrected chi connectivity index (χ0v) is 25.7. The van der Waals surface area contributed by atoms with Gasteiger partial charge < -0.3 is 48.0 Å². The van der Waals surface area contributed by atoms with Crippen LogP contribution < -0.4 is 38.1 Å². The molecule has 14 nitrogen and oxygen atoms in total. The Kier molecular flexibility index (Phi) is 16.3. The van der Waals surface area contributed by atoms with E-state index in [1.54, 1.807) is 33.0 Å². The van der Waals surface area contributed by atoms with Gasteiger partial charge in [0.2, 0.25) is 23.6 Å². The third-order valence-corrected chi connectivity index (χ3v) is 6.90. The highest BCUT2D eigenvalue weighted by Crippen LogP contribution is 2.13. The normalized spacial score (nSPS) is 14.4. The van der Waals surface area contributed by atoms with E-state index in [4.69, 9.17) is 11.5 Å². The molecule has 0 saturated carbocycles. The van der Waals surface area contributed by atoms with Gasteiger partial charge in [-0.05, 0) is 49.4 Å². The minimum atomic E-state index is -1.09. The highest BCUT2D eigenvalue weighted by Gasteiger charge is 2.32. The highest BCUT2D eigenvalue weighted by atomic mass is 16.3. The van der Waals surface area contributed by atoms with Crippen molar-refractivity contribution in [3.63, 3.8) is 0 Å². The number of nitrogens with zero attached hydrogens (tertiary/aromatic N) is 1. The number of hydrogen-bond donors (Lipinski definition) is 8. The van der Waals surface area contributed by atoms with Gasteiger partial charge in [-0.25, -0.2) is 0 Å². The van der Waals surface area contributed by atoms with Crippen molar-refractivity contribution in [1.29, 1.82) is 0 Å². The Labute approximate surface area is 253 Å². The van der Waals surface area contributed by atoms with Crippen molar-refractivity contribution >= 4 is 35.9 Å². The maximum atomic E-state index is 13.5. The van der Waals surface area contributed by atoms with Crippen molar-refractivity contribution in [2.45, 2.75) is 77.5 Å². The molecule has 0 aliphatic heterocycles. The molecular weight excluding hydrogens is 556 g/mol. The first-order valence-corrected chi connectivity index (χ1v) is 14.5. The van der Waals surface area contributed by atoms with Crippen molar-refractivity contribution in [3.05, 3.63) is 29.8 Å². The lowest BCUT2D eigenvalue weighted by Crippen LogP contribution is -2.59. The Morgan fingerprint density at radius 1 is 0.930 bits per heavy atom. The van der Waals surface area contributed by atoms with Gasteiger partial charge in [0, 0.05) is 13.0 Å². The quantitative estimate of drug-likeness (QED) is 0.0420. The fourth-order valence-electron chi connectivity index (χ4n) is 4.13. The molecule has 240 valence electrons. The number of aromatic hydroxyl groups is 1. The maximum absolute atomic E-state index is 13.5. The van der Waals surface area contributed by atoms with Gasteiger partial charge in [0.05, 0.1) is 12.6 Å². The van der Waals surface area contributed by atoms with E-state index >= 15 is 0 Å². The fourth-order valence-corrected chi connectivity index (χ4v) is 4.13. The molecule has 0 heterocycles. The van der Waals surface area contributed by atoms with Crippen LogP contribution in [0.15, 0.2) is 29.3 Å². The number of likely N-dealkylation sites (N-methyl/N-ethyl adjacent to an activating group) is 1. The largest absolute Gasteiger partial charge is 0.508 e. The summed E-state index contributed by atoms with van der Waals surface area (Å²) < 4.78 is 0. The molecule has 5 atom stereocenters. The molecule has 0 aromatic heterocycles. The summed E-state index contributed by atoms with van der Waals surface area (Å²) in [6, 6.07) is 2.31. The standard InChI is InChI=1S/C29H48N8O6/c1-6-18(4)23(16-38)36-27(42)22(14-19-9-11-20(39)12-10-19)35-28(43)25(17(2)3)37-26(41)21(34-24(40)15-32-5)8-7-13-33-29(30)31/h9-12,16-18,21-23,25,32,39H,6-8,13-15H2,1-5H3,(H,34,40)(H,35,43)(H,36,42)(H,37,41)(H4,30,31,33)/t18-,21-,22-,23+,25-/m0/s1. The van der Waals surface area contributed by atoms with E-state index in [-0.39, 0.29) is 49.5 Å². The van der Waals surface area contributed by atoms with E-state index in [1.165, 1.54) is 12.1 Å². The molecule has 14 heteroatoms. The number of carbonyl (C=O) groups is 5. The molecule has 1 aromatic carbocycles. The number of nitrogens with two attached hydrogens (primary N) is 2. The van der Waals surface area contributed by atoms with Crippen LogP contribution in [-0.4, -0.2) is 85.3 Å². The number of hydrogen-bond acceptors (Lipinski definition) is 8. The number of amides is 4. The van der Waals surface area contributed by atoms with Crippen molar-refractivity contribution < 1.29 is 29.1 Å². The Balaban J connectivity index is 3.18. The topological polar surface area (TPSA) is 230 Å². The number of carbonyl (C=O) groups excluding carboxylic acids is 5. The van der Waals surface area contributed by atoms with Gasteiger partial charge in [0.25, 0.3) is 0 Å². The molecule has 0 fully saturated rings. The Morgan fingerprint density at radius 3 is 2.09 bits per heavy atom. The van der Waals surface area contributed by atoms with Crippen LogP contribution in [0, 0.1) is 11.8 Å². The molecular formula is C29H48N8O6. The molecule has 1 rings (SSSR count). The second-order valence-electron chi connectivity index (χ2n) is 10.8. The van der Waals surface area contributed by atoms with Crippen LogP contribution in [0.3, 0.4) is 0 Å². The van der Waals surface area contributed by atoms with Gasteiger partial charge in [-0.1, -0.05) is 46.2 Å². The van der Waals surface area contributed by atoms with Crippen molar-refractivity contribution in [1.82, 2.24) is 26.6 Å². The lowest BCUT2D eigenvalue weighted by molar-refractivity contribution is -0.135. The van der Waals surface area contributed by atoms with Crippen LogP contribution in [0.4, 0.5) is 0 Å². The van der Waals surface area contributed by atoms with Gasteiger partial charge >= 0.3 is 0 Å². The highest BCUT2D eigenvalue weighted by molar-refractivity contribution is 5.95. The first-order chi connectivity index (χ1) is 20.3. The van der Waals surface area contributed by atoms with Crippen LogP contribution in [-0.2, 0) is 30.4 Å². The smallest absolute Gasteiger partial charge is 0.243 e. The number of guanidine groups is 1. The van der Waals surface area contributed by atoms with E-state index < -0.39 is 47.8 Å². The summed E-state index contributed by atoms with van der Waals surface area (Å²) in [7, 11) is 1.59.